The van der Waals surface area contributed by atoms with E-state index in [0.717, 1.165) is 30.9 Å². The molecule has 0 aliphatic heterocycles. The molecule has 0 aliphatic carbocycles. The number of aryl methyl sites for hydroxylation is 2. The largest absolute Gasteiger partial charge is 0.357 e. The van der Waals surface area contributed by atoms with Crippen LogP contribution in [0.2, 0.25) is 10.0 Å². The summed E-state index contributed by atoms with van der Waals surface area (Å²) in [5.74, 6) is 2.16. The predicted molar refractivity (Wildman–Crippen MR) is 117 cm³/mol. The molecule has 1 heterocycles. The molecule has 0 saturated heterocycles. The zero-order chi connectivity index (χ0) is 18.2. The molecule has 1 N–H and O–H groups in total. The van der Waals surface area contributed by atoms with E-state index in [1.54, 1.807) is 0 Å². The van der Waals surface area contributed by atoms with Gasteiger partial charge in [-0.2, -0.15) is 4.98 Å². The highest BCUT2D eigenvalue weighted by atomic mass is 127. The number of benzene rings is 1. The van der Waals surface area contributed by atoms with Crippen LogP contribution in [0.25, 0.3) is 0 Å². The molecular formula is C17H24Cl2IN5O. The Morgan fingerprint density at radius 2 is 2.08 bits per heavy atom. The summed E-state index contributed by atoms with van der Waals surface area (Å²) in [5, 5.41) is 8.20. The van der Waals surface area contributed by atoms with E-state index in [9.17, 15) is 0 Å². The van der Waals surface area contributed by atoms with Gasteiger partial charge in [0.1, 0.15) is 0 Å². The van der Waals surface area contributed by atoms with E-state index in [1.807, 2.05) is 39.1 Å². The lowest BCUT2D eigenvalue weighted by molar-refractivity contribution is 0.372. The lowest BCUT2D eigenvalue weighted by Crippen LogP contribution is -2.38. The van der Waals surface area contributed by atoms with E-state index in [4.69, 9.17) is 27.7 Å². The topological polar surface area (TPSA) is 66.5 Å². The van der Waals surface area contributed by atoms with Crippen molar-refractivity contribution in [2.24, 2.45) is 4.99 Å². The number of aliphatic imine (C=N–C) groups is 1. The van der Waals surface area contributed by atoms with Gasteiger partial charge in [0.2, 0.25) is 5.89 Å². The van der Waals surface area contributed by atoms with Gasteiger partial charge in [0, 0.05) is 33.1 Å². The van der Waals surface area contributed by atoms with Crippen molar-refractivity contribution in [3.63, 3.8) is 0 Å². The lowest BCUT2D eigenvalue weighted by atomic mass is 10.2. The number of nitrogens with one attached hydrogen (secondary N) is 1. The fourth-order valence-electron chi connectivity index (χ4n) is 2.31. The third kappa shape index (κ3) is 7.28. The van der Waals surface area contributed by atoms with Crippen molar-refractivity contribution in [1.82, 2.24) is 20.4 Å². The summed E-state index contributed by atoms with van der Waals surface area (Å²) < 4.78 is 5.11. The molecule has 9 heteroatoms. The Balaban J connectivity index is 0.00000338. The van der Waals surface area contributed by atoms with E-state index in [-0.39, 0.29) is 24.0 Å². The van der Waals surface area contributed by atoms with Crippen LogP contribution in [0.4, 0.5) is 0 Å². The van der Waals surface area contributed by atoms with Crippen molar-refractivity contribution in [1.29, 1.82) is 0 Å². The van der Waals surface area contributed by atoms with E-state index in [1.165, 1.54) is 0 Å². The average molecular weight is 512 g/mol. The summed E-state index contributed by atoms with van der Waals surface area (Å²) in [4.78, 5) is 10.9. The van der Waals surface area contributed by atoms with Gasteiger partial charge in [-0.05, 0) is 38.0 Å². The SMILES string of the molecule is CCNC(=NCCCc1nc(C)no1)N(C)Cc1ccc(Cl)c(Cl)c1.I. The zero-order valence-electron chi connectivity index (χ0n) is 15.1. The van der Waals surface area contributed by atoms with Gasteiger partial charge >= 0.3 is 0 Å². The molecule has 0 spiro atoms. The highest BCUT2D eigenvalue weighted by molar-refractivity contribution is 14.0. The number of guanidine groups is 1. The highest BCUT2D eigenvalue weighted by Crippen LogP contribution is 2.23. The van der Waals surface area contributed by atoms with Crippen molar-refractivity contribution in [3.8, 4) is 0 Å². The maximum atomic E-state index is 6.08. The summed E-state index contributed by atoms with van der Waals surface area (Å²) in [6, 6.07) is 5.65. The van der Waals surface area contributed by atoms with E-state index in [2.05, 4.69) is 25.3 Å². The number of aromatic nitrogens is 2. The van der Waals surface area contributed by atoms with Crippen LogP contribution in [0.15, 0.2) is 27.7 Å². The fraction of sp³-hybridized carbons (Fsp3) is 0.471. The molecule has 144 valence electrons. The first kappa shape index (κ1) is 23.0. The van der Waals surface area contributed by atoms with Crippen LogP contribution in [-0.2, 0) is 13.0 Å². The van der Waals surface area contributed by atoms with E-state index in [0.29, 0.717) is 34.8 Å². The van der Waals surface area contributed by atoms with Gasteiger partial charge < -0.3 is 14.7 Å². The van der Waals surface area contributed by atoms with Crippen LogP contribution in [-0.4, -0.2) is 41.1 Å². The highest BCUT2D eigenvalue weighted by Gasteiger charge is 2.08. The van der Waals surface area contributed by atoms with Crippen LogP contribution in [0.3, 0.4) is 0 Å². The predicted octanol–water partition coefficient (Wildman–Crippen LogP) is 4.33. The van der Waals surface area contributed by atoms with E-state index >= 15 is 0 Å². The minimum atomic E-state index is 0. The molecule has 1 aromatic heterocycles. The van der Waals surface area contributed by atoms with Gasteiger partial charge in [0.05, 0.1) is 10.0 Å². The number of hydrogen-bond donors (Lipinski definition) is 1. The molecule has 26 heavy (non-hydrogen) atoms. The third-order valence-electron chi connectivity index (χ3n) is 3.48. The van der Waals surface area contributed by atoms with Gasteiger partial charge in [-0.15, -0.1) is 24.0 Å². The Kier molecular flexibility index (Phi) is 10.3. The van der Waals surface area contributed by atoms with Crippen molar-refractivity contribution < 1.29 is 4.52 Å². The molecule has 0 aliphatic rings. The summed E-state index contributed by atoms with van der Waals surface area (Å²) in [6.07, 6.45) is 1.57. The van der Waals surface area contributed by atoms with Gasteiger partial charge in [0.15, 0.2) is 11.8 Å². The monoisotopic (exact) mass is 511 g/mol. The molecular weight excluding hydrogens is 488 g/mol. The maximum Gasteiger partial charge on any atom is 0.226 e. The Morgan fingerprint density at radius 3 is 2.69 bits per heavy atom. The third-order valence-corrected chi connectivity index (χ3v) is 4.22. The van der Waals surface area contributed by atoms with Gasteiger partial charge in [-0.1, -0.05) is 34.4 Å². The molecule has 1 aromatic carbocycles. The van der Waals surface area contributed by atoms with Crippen LogP contribution < -0.4 is 5.32 Å². The standard InChI is InChI=1S/C17H23Cl2N5O.HI/c1-4-20-17(21-9-5-6-16-22-12(2)23-25-16)24(3)11-13-7-8-14(18)15(19)10-13;/h7-8,10H,4-6,9,11H2,1-3H3,(H,20,21);1H. The smallest absolute Gasteiger partial charge is 0.226 e. The summed E-state index contributed by atoms with van der Waals surface area (Å²) >= 11 is 12.1. The normalized spacial score (nSPS) is 11.2. The first-order valence-corrected chi connectivity index (χ1v) is 8.97. The Labute approximate surface area is 181 Å². The Bertz CT molecular complexity index is 723. The van der Waals surface area contributed by atoms with Crippen LogP contribution in [0, 0.1) is 6.92 Å². The molecule has 0 saturated carbocycles. The second-order valence-electron chi connectivity index (χ2n) is 5.68. The molecule has 2 aromatic rings. The molecule has 0 atom stereocenters. The molecule has 0 unspecified atom stereocenters. The van der Waals surface area contributed by atoms with Crippen LogP contribution in [0.5, 0.6) is 0 Å². The first-order chi connectivity index (χ1) is 12.0. The van der Waals surface area contributed by atoms with Gasteiger partial charge in [-0.3, -0.25) is 4.99 Å². The minimum Gasteiger partial charge on any atom is -0.357 e. The first-order valence-electron chi connectivity index (χ1n) is 8.22. The second kappa shape index (κ2) is 11.6. The number of hydrogen-bond acceptors (Lipinski definition) is 4. The van der Waals surface area contributed by atoms with Gasteiger partial charge in [-0.25, -0.2) is 0 Å². The molecule has 0 amide bonds. The molecule has 2 rings (SSSR count). The maximum absolute atomic E-state index is 6.08. The molecule has 0 fully saturated rings. The second-order valence-corrected chi connectivity index (χ2v) is 6.49. The molecule has 0 bridgehead atoms. The van der Waals surface area contributed by atoms with Crippen LogP contribution in [0.1, 0.15) is 30.6 Å². The minimum absolute atomic E-state index is 0. The number of halogens is 3. The quantitative estimate of drug-likeness (QED) is 0.259. The van der Waals surface area contributed by atoms with Crippen molar-refractivity contribution in [2.45, 2.75) is 33.2 Å². The average Bonchev–Trinajstić information content (AvgIpc) is 2.99. The number of nitrogens with zero attached hydrogens (tertiary/aromatic N) is 4. The molecule has 0 radical (unpaired) electrons. The summed E-state index contributed by atoms with van der Waals surface area (Å²) in [6.45, 7) is 6.02. The van der Waals surface area contributed by atoms with Crippen LogP contribution >= 0.6 is 47.2 Å². The van der Waals surface area contributed by atoms with E-state index < -0.39 is 0 Å². The fourth-order valence-corrected chi connectivity index (χ4v) is 2.63. The lowest BCUT2D eigenvalue weighted by Gasteiger charge is -2.22. The Hall–Kier alpha value is -1.06. The van der Waals surface area contributed by atoms with Gasteiger partial charge in [0.25, 0.3) is 0 Å². The summed E-state index contributed by atoms with van der Waals surface area (Å²) in [7, 11) is 1.99. The number of rotatable bonds is 7. The summed E-state index contributed by atoms with van der Waals surface area (Å²) in [5.41, 5.74) is 1.07. The van der Waals surface area contributed by atoms with Crippen molar-refractivity contribution in [3.05, 3.63) is 45.5 Å². The Morgan fingerprint density at radius 1 is 1.31 bits per heavy atom. The zero-order valence-corrected chi connectivity index (χ0v) is 19.0. The van der Waals surface area contributed by atoms with Crippen molar-refractivity contribution >= 4 is 53.1 Å². The van der Waals surface area contributed by atoms with Crippen molar-refractivity contribution in [2.75, 3.05) is 20.1 Å². The molecule has 6 nitrogen and oxygen atoms in total.